The zero-order valence-electron chi connectivity index (χ0n) is 21.1. The standard InChI is InChI=1S/C28H23N7O3S/c1-18-26(27(37)35(33(18)2)21-6-4-3-5-7-21)32-28-34(30-15-19-10-12-29-13-11-19)23(17-39-28)20-8-9-24-22(14-20)31-25(36)16-38-24/h3-15,17H,16H2,1-2H3,(H,31,36). The van der Waals surface area contributed by atoms with E-state index in [1.54, 1.807) is 32.6 Å². The minimum atomic E-state index is -0.227. The molecule has 39 heavy (non-hydrogen) atoms. The van der Waals surface area contributed by atoms with Gasteiger partial charge in [0.1, 0.15) is 5.75 Å². The van der Waals surface area contributed by atoms with E-state index in [2.05, 4.69) is 10.3 Å². The fourth-order valence-electron chi connectivity index (χ4n) is 4.28. The van der Waals surface area contributed by atoms with E-state index in [9.17, 15) is 9.59 Å². The first-order valence-electron chi connectivity index (χ1n) is 12.1. The predicted molar refractivity (Wildman–Crippen MR) is 150 cm³/mol. The Morgan fingerprint density at radius 1 is 1.08 bits per heavy atom. The molecule has 1 amide bonds. The number of anilines is 1. The van der Waals surface area contributed by atoms with Gasteiger partial charge in [-0.15, -0.1) is 11.3 Å². The first-order chi connectivity index (χ1) is 19.0. The smallest absolute Gasteiger partial charge is 0.297 e. The highest BCUT2D eigenvalue weighted by Crippen LogP contribution is 2.33. The zero-order valence-corrected chi connectivity index (χ0v) is 21.9. The highest BCUT2D eigenvalue weighted by atomic mass is 32.1. The summed E-state index contributed by atoms with van der Waals surface area (Å²) in [6.45, 7) is 1.85. The average Bonchev–Trinajstić information content (AvgIpc) is 3.46. The molecule has 1 aliphatic rings. The molecule has 0 saturated carbocycles. The van der Waals surface area contributed by atoms with Crippen LogP contribution in [0, 0.1) is 6.92 Å². The highest BCUT2D eigenvalue weighted by molar-refractivity contribution is 7.07. The molecule has 0 radical (unpaired) electrons. The van der Waals surface area contributed by atoms with Crippen LogP contribution in [-0.2, 0) is 11.8 Å². The molecule has 5 aromatic rings. The first kappa shape index (κ1) is 24.3. The molecule has 0 bridgehead atoms. The summed E-state index contributed by atoms with van der Waals surface area (Å²) in [7, 11) is 1.84. The van der Waals surface area contributed by atoms with Crippen LogP contribution in [0.5, 0.6) is 5.75 Å². The van der Waals surface area contributed by atoms with Gasteiger partial charge < -0.3 is 10.1 Å². The molecule has 3 aromatic heterocycles. The largest absolute Gasteiger partial charge is 0.482 e. The minimum Gasteiger partial charge on any atom is -0.482 e. The molecule has 10 nitrogen and oxygen atoms in total. The summed E-state index contributed by atoms with van der Waals surface area (Å²) >= 11 is 1.36. The maximum atomic E-state index is 13.5. The monoisotopic (exact) mass is 537 g/mol. The molecule has 1 N–H and O–H groups in total. The summed E-state index contributed by atoms with van der Waals surface area (Å²) < 4.78 is 10.6. The summed E-state index contributed by atoms with van der Waals surface area (Å²) in [5.41, 5.74) is 4.56. The third kappa shape index (κ3) is 4.59. The number of aromatic nitrogens is 4. The van der Waals surface area contributed by atoms with Crippen LogP contribution < -0.4 is 20.4 Å². The van der Waals surface area contributed by atoms with Crippen LogP contribution in [0.1, 0.15) is 11.3 Å². The molecule has 194 valence electrons. The Kier molecular flexibility index (Phi) is 6.25. The lowest BCUT2D eigenvalue weighted by Gasteiger charge is -2.18. The van der Waals surface area contributed by atoms with E-state index in [-0.39, 0.29) is 18.1 Å². The number of nitrogens with one attached hydrogen (secondary N) is 1. The van der Waals surface area contributed by atoms with Crippen LogP contribution in [0.4, 0.5) is 11.4 Å². The number of nitrogens with zero attached hydrogens (tertiary/aromatic N) is 6. The normalized spacial score (nSPS) is 13.4. The molecule has 6 rings (SSSR count). The van der Waals surface area contributed by atoms with E-state index in [0.29, 0.717) is 21.9 Å². The van der Waals surface area contributed by atoms with Crippen molar-refractivity contribution in [3.05, 3.63) is 105 Å². The van der Waals surface area contributed by atoms with Crippen LogP contribution >= 0.6 is 11.3 Å². The van der Waals surface area contributed by atoms with E-state index >= 15 is 0 Å². The van der Waals surface area contributed by atoms with E-state index in [1.165, 1.54) is 11.3 Å². The van der Waals surface area contributed by atoms with Crippen molar-refractivity contribution in [2.75, 3.05) is 11.9 Å². The lowest BCUT2D eigenvalue weighted by molar-refractivity contribution is -0.118. The Morgan fingerprint density at radius 2 is 1.87 bits per heavy atom. The Labute approximate surface area is 226 Å². The van der Waals surface area contributed by atoms with Gasteiger partial charge in [0.05, 0.1) is 29.0 Å². The van der Waals surface area contributed by atoms with Gasteiger partial charge in [-0.05, 0) is 55.0 Å². The van der Waals surface area contributed by atoms with E-state index < -0.39 is 0 Å². The number of benzene rings is 2. The molecule has 0 aliphatic carbocycles. The maximum Gasteiger partial charge on any atom is 0.297 e. The Bertz CT molecular complexity index is 1850. The van der Waals surface area contributed by atoms with E-state index in [4.69, 9.17) is 14.8 Å². The molecule has 0 fully saturated rings. The maximum absolute atomic E-state index is 13.5. The second-order valence-electron chi connectivity index (χ2n) is 8.81. The van der Waals surface area contributed by atoms with Crippen LogP contribution in [0.2, 0.25) is 0 Å². The van der Waals surface area contributed by atoms with Gasteiger partial charge in [-0.3, -0.25) is 19.3 Å². The van der Waals surface area contributed by atoms with Crippen molar-refractivity contribution < 1.29 is 9.53 Å². The molecule has 1 aliphatic heterocycles. The molecule has 11 heteroatoms. The fraction of sp³-hybridized carbons (Fsp3) is 0.107. The lowest BCUT2D eigenvalue weighted by atomic mass is 10.1. The quantitative estimate of drug-likeness (QED) is 0.344. The topological polar surface area (TPSA) is 108 Å². The summed E-state index contributed by atoms with van der Waals surface area (Å²) in [5.74, 6) is 0.394. The van der Waals surface area contributed by atoms with E-state index in [0.717, 1.165) is 28.2 Å². The van der Waals surface area contributed by atoms with Gasteiger partial charge in [0.15, 0.2) is 12.3 Å². The minimum absolute atomic E-state index is 0.0129. The Hall–Kier alpha value is -5.03. The average molecular weight is 538 g/mol. The molecule has 0 atom stereocenters. The van der Waals surface area contributed by atoms with Crippen LogP contribution in [0.3, 0.4) is 0 Å². The van der Waals surface area contributed by atoms with Crippen molar-refractivity contribution in [2.24, 2.45) is 17.1 Å². The van der Waals surface area contributed by atoms with Crippen molar-refractivity contribution in [3.8, 4) is 22.7 Å². The molecule has 4 heterocycles. The number of hydrogen-bond acceptors (Lipinski definition) is 7. The number of para-hydroxylation sites is 1. The number of fused-ring (bicyclic) bond motifs is 1. The van der Waals surface area contributed by atoms with Crippen LogP contribution in [0.25, 0.3) is 16.9 Å². The van der Waals surface area contributed by atoms with Crippen molar-refractivity contribution >= 4 is 34.8 Å². The second kappa shape index (κ2) is 10.0. The predicted octanol–water partition coefficient (Wildman–Crippen LogP) is 3.85. The number of ether oxygens (including phenoxy) is 1. The number of thiazole rings is 1. The van der Waals surface area contributed by atoms with Gasteiger partial charge in [0, 0.05) is 30.4 Å². The molecular weight excluding hydrogens is 514 g/mol. The summed E-state index contributed by atoms with van der Waals surface area (Å²) in [4.78, 5) is 34.8. The number of carbonyl (C=O) groups is 1. The SMILES string of the molecule is Cc1c(N=c2scc(-c3ccc4c(c3)NC(=O)CO4)n2N=Cc2ccncc2)c(=O)n(-c2ccccc2)n1C. The second-order valence-corrected chi connectivity index (χ2v) is 9.65. The van der Waals surface area contributed by atoms with Crippen LogP contribution in [0.15, 0.2) is 93.3 Å². The summed E-state index contributed by atoms with van der Waals surface area (Å²) in [5, 5.41) is 9.50. The van der Waals surface area contributed by atoms with Gasteiger partial charge in [-0.2, -0.15) is 5.10 Å². The van der Waals surface area contributed by atoms with Crippen molar-refractivity contribution in [3.63, 3.8) is 0 Å². The molecule has 0 spiro atoms. The van der Waals surface area contributed by atoms with Crippen LogP contribution in [-0.4, -0.2) is 37.8 Å². The van der Waals surface area contributed by atoms with Gasteiger partial charge in [0.2, 0.25) is 4.80 Å². The lowest BCUT2D eigenvalue weighted by Crippen LogP contribution is -2.25. The van der Waals surface area contributed by atoms with Gasteiger partial charge in [0.25, 0.3) is 11.5 Å². The van der Waals surface area contributed by atoms with Gasteiger partial charge in [-0.1, -0.05) is 18.2 Å². The molecular formula is C28H23N7O3S. The highest BCUT2D eigenvalue weighted by Gasteiger charge is 2.19. The summed E-state index contributed by atoms with van der Waals surface area (Å²) in [6.07, 6.45) is 5.09. The van der Waals surface area contributed by atoms with Gasteiger partial charge >= 0.3 is 0 Å². The zero-order chi connectivity index (χ0) is 26.9. The molecule has 2 aromatic carbocycles. The Balaban J connectivity index is 1.52. The van der Waals surface area contributed by atoms with E-state index in [1.807, 2.05) is 80.0 Å². The van der Waals surface area contributed by atoms with Crippen molar-refractivity contribution in [2.45, 2.75) is 6.92 Å². The fourth-order valence-corrected chi connectivity index (χ4v) is 5.12. The third-order valence-corrected chi connectivity index (χ3v) is 7.17. The van der Waals surface area contributed by atoms with Crippen molar-refractivity contribution in [1.82, 2.24) is 19.0 Å². The van der Waals surface area contributed by atoms with Crippen molar-refractivity contribution in [1.29, 1.82) is 0 Å². The number of pyridine rings is 1. The summed E-state index contributed by atoms with van der Waals surface area (Å²) in [6, 6.07) is 18.7. The number of amides is 1. The molecule has 0 saturated heterocycles. The van der Waals surface area contributed by atoms with Gasteiger partial charge in [-0.25, -0.2) is 14.4 Å². The third-order valence-electron chi connectivity index (χ3n) is 6.35. The number of rotatable bonds is 5. The molecule has 0 unspecified atom stereocenters. The number of carbonyl (C=O) groups excluding carboxylic acids is 1. The first-order valence-corrected chi connectivity index (χ1v) is 13.0. The Morgan fingerprint density at radius 3 is 2.67 bits per heavy atom. The number of hydrogen-bond donors (Lipinski definition) is 1.